The van der Waals surface area contributed by atoms with E-state index >= 15 is 4.79 Å². The number of benzene rings is 4. The van der Waals surface area contributed by atoms with Gasteiger partial charge >= 0.3 is 0 Å². The second kappa shape index (κ2) is 35.5. The van der Waals surface area contributed by atoms with Crippen molar-refractivity contribution in [3.05, 3.63) is 144 Å². The van der Waals surface area contributed by atoms with E-state index in [4.69, 9.17) is 0 Å². The van der Waals surface area contributed by atoms with Crippen LogP contribution in [0, 0.1) is 5.92 Å². The highest BCUT2D eigenvalue weighted by atomic mass is 32.1. The third-order valence-electron chi connectivity index (χ3n) is 16.1. The summed E-state index contributed by atoms with van der Waals surface area (Å²) in [5.41, 5.74) is 2.67. The van der Waals surface area contributed by atoms with Crippen LogP contribution in [0.3, 0.4) is 0 Å². The second-order valence-electron chi connectivity index (χ2n) is 23.3. The van der Waals surface area contributed by atoms with Crippen molar-refractivity contribution in [1.82, 2.24) is 56.4 Å². The number of carbonyl (C=O) groups is 11. The third kappa shape index (κ3) is 21.3. The van der Waals surface area contributed by atoms with E-state index in [1.54, 1.807) is 121 Å². The van der Waals surface area contributed by atoms with Crippen molar-refractivity contribution in [2.75, 3.05) is 60.7 Å². The predicted molar refractivity (Wildman–Crippen MR) is 343 cm³/mol. The van der Waals surface area contributed by atoms with Crippen molar-refractivity contribution in [3.63, 3.8) is 0 Å². The highest BCUT2D eigenvalue weighted by Gasteiger charge is 2.39. The number of hydrogen-bond donors (Lipinski definition) is 8. The van der Waals surface area contributed by atoms with Gasteiger partial charge in [0.1, 0.15) is 61.0 Å². The van der Waals surface area contributed by atoms with Gasteiger partial charge in [-0.2, -0.15) is 12.6 Å². The average molecular weight is 1260 g/mol. The normalized spacial score (nSPS) is 22.7. The van der Waals surface area contributed by atoms with Crippen molar-refractivity contribution in [3.8, 4) is 0 Å². The summed E-state index contributed by atoms with van der Waals surface area (Å²) in [6.45, 7) is 5.13. The molecule has 486 valence electrons. The molecule has 4 aromatic rings. The Balaban J connectivity index is 1.56. The van der Waals surface area contributed by atoms with Crippen LogP contribution in [0.15, 0.2) is 121 Å². The maximum atomic E-state index is 15.1. The molecule has 0 aliphatic carbocycles. The zero-order chi connectivity index (χ0) is 66.2. The lowest BCUT2D eigenvalue weighted by molar-refractivity contribution is -0.146. The number of carbonyl (C=O) groups excluding carboxylic acids is 11. The van der Waals surface area contributed by atoms with E-state index in [0.29, 0.717) is 22.3 Å². The van der Waals surface area contributed by atoms with Gasteiger partial charge in [0.25, 0.3) is 0 Å². The molecule has 1 heterocycles. The minimum absolute atomic E-state index is 0.00576. The van der Waals surface area contributed by atoms with Gasteiger partial charge in [0.2, 0.25) is 65.0 Å². The fraction of sp³-hybridized carbons (Fsp3) is 0.470. The molecule has 1 saturated heterocycles. The monoisotopic (exact) mass is 1260 g/mol. The third-order valence-corrected chi connectivity index (χ3v) is 16.4. The Morgan fingerprint density at radius 3 is 1.62 bits per heavy atom. The number of aliphatic hydroxyl groups is 1. The maximum Gasteiger partial charge on any atom is 0.248 e. The van der Waals surface area contributed by atoms with Gasteiger partial charge in [0.05, 0.1) is 6.54 Å². The summed E-state index contributed by atoms with van der Waals surface area (Å²) in [6, 6.07) is 24.1. The van der Waals surface area contributed by atoms with Crippen molar-refractivity contribution in [1.29, 1.82) is 0 Å². The zero-order valence-corrected chi connectivity index (χ0v) is 53.8. The van der Waals surface area contributed by atoms with E-state index in [9.17, 15) is 53.1 Å². The number of nitrogens with one attached hydrogen (secondary N) is 6. The molecule has 23 nitrogen and oxygen atoms in total. The fourth-order valence-electron chi connectivity index (χ4n) is 10.4. The first-order valence-corrected chi connectivity index (χ1v) is 30.9. The van der Waals surface area contributed by atoms with E-state index in [1.807, 2.05) is 13.8 Å². The van der Waals surface area contributed by atoms with Crippen molar-refractivity contribution in [2.24, 2.45) is 5.92 Å². The van der Waals surface area contributed by atoms with Gasteiger partial charge in [-0.3, -0.25) is 52.7 Å². The number of amides is 11. The molecule has 11 amide bonds. The molecular weight excluding hydrogens is 1170 g/mol. The Morgan fingerprint density at radius 2 is 1.09 bits per heavy atom. The van der Waals surface area contributed by atoms with Gasteiger partial charge in [-0.05, 0) is 67.7 Å². The summed E-state index contributed by atoms with van der Waals surface area (Å²) in [4.78, 5) is 163. The summed E-state index contributed by atoms with van der Waals surface area (Å²) in [5.74, 6) is -8.11. The van der Waals surface area contributed by atoms with E-state index < -0.39 is 133 Å². The standard InChI is InChI=1S/C66H89N11O12S/c1-42(2)34-53-62(85)71-51(36-46-26-16-11-17-27-46)65(88)73(5)39-56(79)75(7)54(37-47-28-18-12-19-29-47)61(84)68-43(3)64(87)74(6)44(4)58(81)70-50(35-45-24-14-10-15-25-45)60(83)72-52(41-90)59(82)67-33-23-22-32-49(66(89)77(53)9)69-63(86)55(76(8)57(80)40-78)38-48-30-20-13-21-31-48/h10-21,24-31,42-44,49-55,78,90H,22-23,32-41H2,1-9H3,(H,67,82)(H,68,84)(H,69,86)(H,70,81)(H,71,85)(H,72,83)/t43-,44-,49-,50-,51-,52-,53?,54-,55-/m0/s1. The van der Waals surface area contributed by atoms with Gasteiger partial charge in [-0.25, -0.2) is 0 Å². The van der Waals surface area contributed by atoms with Crippen LogP contribution < -0.4 is 31.9 Å². The predicted octanol–water partition coefficient (Wildman–Crippen LogP) is 1.46. The lowest BCUT2D eigenvalue weighted by atomic mass is 9.98. The molecule has 1 aliphatic heterocycles. The van der Waals surface area contributed by atoms with Crippen molar-refractivity contribution < 1.29 is 57.8 Å². The SMILES string of the molecule is CC(C)CC1C(=O)N[C@@H](Cc2ccccc2)C(=O)N(C)CC(=O)N(C)[C@@H](Cc2ccccc2)C(=O)N[C@@H](C)C(=O)N(C)[C@@H](C)C(=O)N[C@@H](Cc2ccccc2)C(=O)N[C@@H](CS)C(=O)NCCCC[C@H](NC(=O)[C@H](Cc2ccccc2)N(C)C(=O)CO)C(=O)N1C. The first-order valence-electron chi connectivity index (χ1n) is 30.3. The first-order chi connectivity index (χ1) is 42.8. The number of nitrogens with zero attached hydrogens (tertiary/aromatic N) is 5. The number of likely N-dealkylation sites (N-methyl/N-ethyl adjacent to an activating group) is 5. The molecule has 0 aromatic heterocycles. The highest BCUT2D eigenvalue weighted by molar-refractivity contribution is 7.80. The Hall–Kier alpha value is -8.64. The first kappa shape index (κ1) is 72.1. The van der Waals surface area contributed by atoms with E-state index in [-0.39, 0.29) is 69.6 Å². The molecule has 90 heavy (non-hydrogen) atoms. The Kier molecular flexibility index (Phi) is 28.5. The number of aliphatic hydroxyl groups excluding tert-OH is 1. The largest absolute Gasteiger partial charge is 0.387 e. The van der Waals surface area contributed by atoms with Crippen LogP contribution in [0.2, 0.25) is 0 Å². The number of hydrogen-bond acceptors (Lipinski definition) is 13. The molecule has 0 saturated carbocycles. The lowest BCUT2D eigenvalue weighted by Gasteiger charge is -2.35. The molecule has 7 N–H and O–H groups in total. The van der Waals surface area contributed by atoms with Crippen LogP contribution >= 0.6 is 12.6 Å². The van der Waals surface area contributed by atoms with Crippen LogP contribution in [0.1, 0.15) is 75.6 Å². The van der Waals surface area contributed by atoms with E-state index in [0.717, 1.165) is 14.7 Å². The molecule has 0 radical (unpaired) electrons. The average Bonchev–Trinajstić information content (AvgIpc) is 2.05. The van der Waals surface area contributed by atoms with E-state index in [1.165, 1.54) is 58.9 Å². The topological polar surface area (TPSA) is 296 Å². The van der Waals surface area contributed by atoms with E-state index in [2.05, 4.69) is 44.5 Å². The number of thiol groups is 1. The summed E-state index contributed by atoms with van der Waals surface area (Å²) >= 11 is 4.38. The molecule has 4 aromatic carbocycles. The van der Waals surface area contributed by atoms with Crippen LogP contribution in [0.25, 0.3) is 0 Å². The van der Waals surface area contributed by atoms with Crippen LogP contribution in [-0.2, 0) is 78.4 Å². The van der Waals surface area contributed by atoms with Gasteiger partial charge in [0.15, 0.2) is 0 Å². The molecular formula is C66H89N11O12S. The Morgan fingerprint density at radius 1 is 0.589 bits per heavy atom. The Labute approximate surface area is 533 Å². The minimum atomic E-state index is -1.34. The molecule has 24 heteroatoms. The van der Waals surface area contributed by atoms with Gasteiger partial charge in [-0.15, -0.1) is 0 Å². The summed E-state index contributed by atoms with van der Waals surface area (Å²) in [6.07, 6.45) is 0.405. The summed E-state index contributed by atoms with van der Waals surface area (Å²) in [7, 11) is 6.93. The molecule has 5 rings (SSSR count). The van der Waals surface area contributed by atoms with Crippen molar-refractivity contribution >= 4 is 77.6 Å². The molecule has 1 fully saturated rings. The molecule has 1 aliphatic rings. The quantitative estimate of drug-likeness (QED) is 0.0786. The zero-order valence-electron chi connectivity index (χ0n) is 52.9. The van der Waals surface area contributed by atoms with Gasteiger partial charge in [-0.1, -0.05) is 135 Å². The lowest BCUT2D eigenvalue weighted by Crippen LogP contribution is -2.60. The fourth-order valence-corrected chi connectivity index (χ4v) is 10.7. The second-order valence-corrected chi connectivity index (χ2v) is 23.7. The van der Waals surface area contributed by atoms with Crippen LogP contribution in [0.5, 0.6) is 0 Å². The molecule has 9 atom stereocenters. The number of rotatable bonds is 15. The Bertz CT molecular complexity index is 3070. The molecule has 0 bridgehead atoms. The summed E-state index contributed by atoms with van der Waals surface area (Å²) in [5, 5.41) is 26.6. The minimum Gasteiger partial charge on any atom is -0.387 e. The smallest absolute Gasteiger partial charge is 0.248 e. The highest BCUT2D eigenvalue weighted by Crippen LogP contribution is 2.19. The maximum absolute atomic E-state index is 15.1. The molecule has 0 spiro atoms. The van der Waals surface area contributed by atoms with Crippen molar-refractivity contribution in [2.45, 2.75) is 133 Å². The van der Waals surface area contributed by atoms with Gasteiger partial charge in [0, 0.05) is 73.2 Å². The summed E-state index contributed by atoms with van der Waals surface area (Å²) < 4.78 is 0. The van der Waals surface area contributed by atoms with Gasteiger partial charge < -0.3 is 61.5 Å². The van der Waals surface area contributed by atoms with Crippen LogP contribution in [-0.4, -0.2) is 210 Å². The molecule has 1 unspecified atom stereocenters. The van der Waals surface area contributed by atoms with Crippen LogP contribution in [0.4, 0.5) is 0 Å².